The molecular weight excluding hydrogens is 416 g/mol. The van der Waals surface area contributed by atoms with Crippen LogP contribution in [0.5, 0.6) is 5.75 Å². The molecule has 1 fully saturated rings. The first kappa shape index (κ1) is 21.2. The Balaban J connectivity index is 1.29. The molecule has 0 unspecified atom stereocenters. The zero-order chi connectivity index (χ0) is 22.6. The number of nitrogens with zero attached hydrogens (tertiary/aromatic N) is 4. The summed E-state index contributed by atoms with van der Waals surface area (Å²) in [6.07, 6.45) is 3.19. The average Bonchev–Trinajstić information content (AvgIpc) is 3.49. The van der Waals surface area contributed by atoms with Crippen LogP contribution < -0.4 is 4.74 Å². The number of hydrogen-bond acceptors (Lipinski definition) is 5. The van der Waals surface area contributed by atoms with Crippen LogP contribution in [0, 0.1) is 0 Å². The minimum atomic E-state index is -0.952. The zero-order valence-corrected chi connectivity index (χ0v) is 18.4. The minimum absolute atomic E-state index is 0.243. The molecule has 0 amide bonds. The molecule has 1 aliphatic heterocycles. The third-order valence-electron chi connectivity index (χ3n) is 5.97. The Morgan fingerprint density at radius 2 is 1.79 bits per heavy atom. The van der Waals surface area contributed by atoms with E-state index in [1.165, 1.54) is 25.9 Å². The lowest BCUT2D eigenvalue weighted by Gasteiger charge is -2.14. The first-order valence-electron chi connectivity index (χ1n) is 11.3. The number of aromatic nitrogens is 3. The smallest absolute Gasteiger partial charge is 0.335 e. The maximum Gasteiger partial charge on any atom is 0.335 e. The Morgan fingerprint density at radius 3 is 2.58 bits per heavy atom. The maximum atomic E-state index is 11.4. The molecule has 0 aliphatic carbocycles. The van der Waals surface area contributed by atoms with Crippen molar-refractivity contribution in [2.75, 3.05) is 26.2 Å². The molecule has 168 valence electrons. The molecule has 0 radical (unpaired) electrons. The number of fused-ring (bicyclic) bond motifs is 1. The van der Waals surface area contributed by atoms with Crippen molar-refractivity contribution in [3.05, 3.63) is 83.7 Å². The third-order valence-corrected chi connectivity index (χ3v) is 5.97. The highest BCUT2D eigenvalue weighted by atomic mass is 16.5. The molecule has 1 N–H and O–H groups in total. The van der Waals surface area contributed by atoms with Crippen LogP contribution in [0.3, 0.4) is 0 Å². The molecule has 1 saturated heterocycles. The van der Waals surface area contributed by atoms with E-state index in [0.29, 0.717) is 18.9 Å². The van der Waals surface area contributed by atoms with E-state index in [-0.39, 0.29) is 5.56 Å². The number of rotatable bonds is 8. The van der Waals surface area contributed by atoms with E-state index in [2.05, 4.69) is 9.88 Å². The number of carboxylic acids is 1. The standard InChI is InChI=1S/C26H26N4O3/c31-26(32)21-6-3-5-20(18-21)23-7-4-8-25-27-24(28-30(23)25)17-19-9-11-22(12-10-19)33-16-15-29-13-1-2-14-29/h3-12,18H,1-2,13-17H2,(H,31,32). The van der Waals surface area contributed by atoms with E-state index in [1.807, 2.05) is 48.5 Å². The molecule has 33 heavy (non-hydrogen) atoms. The number of pyridine rings is 1. The van der Waals surface area contributed by atoms with Crippen molar-refractivity contribution in [2.45, 2.75) is 19.3 Å². The van der Waals surface area contributed by atoms with Gasteiger partial charge in [-0.1, -0.05) is 30.3 Å². The molecule has 4 aromatic rings. The van der Waals surface area contributed by atoms with Crippen molar-refractivity contribution in [3.63, 3.8) is 0 Å². The Morgan fingerprint density at radius 1 is 1.00 bits per heavy atom. The molecule has 5 rings (SSSR count). The molecule has 2 aromatic carbocycles. The normalized spacial score (nSPS) is 14.1. The largest absolute Gasteiger partial charge is 0.492 e. The summed E-state index contributed by atoms with van der Waals surface area (Å²) in [4.78, 5) is 18.5. The van der Waals surface area contributed by atoms with Crippen LogP contribution >= 0.6 is 0 Å². The van der Waals surface area contributed by atoms with Gasteiger partial charge in [0.1, 0.15) is 12.4 Å². The van der Waals surface area contributed by atoms with Crippen LogP contribution in [0.4, 0.5) is 0 Å². The van der Waals surface area contributed by atoms with Crippen molar-refractivity contribution in [3.8, 4) is 17.0 Å². The van der Waals surface area contributed by atoms with Gasteiger partial charge in [-0.2, -0.15) is 5.10 Å². The number of aromatic carboxylic acids is 1. The van der Waals surface area contributed by atoms with Crippen LogP contribution in [0.25, 0.3) is 16.9 Å². The summed E-state index contributed by atoms with van der Waals surface area (Å²) in [7, 11) is 0. The minimum Gasteiger partial charge on any atom is -0.492 e. The van der Waals surface area contributed by atoms with Crippen molar-refractivity contribution < 1.29 is 14.6 Å². The fourth-order valence-electron chi connectivity index (χ4n) is 4.24. The van der Waals surface area contributed by atoms with Gasteiger partial charge in [0.25, 0.3) is 0 Å². The van der Waals surface area contributed by atoms with Gasteiger partial charge < -0.3 is 9.84 Å². The van der Waals surface area contributed by atoms with Gasteiger partial charge >= 0.3 is 5.97 Å². The van der Waals surface area contributed by atoms with Crippen molar-refractivity contribution in [1.82, 2.24) is 19.5 Å². The number of likely N-dealkylation sites (tertiary alicyclic amines) is 1. The molecule has 0 bridgehead atoms. The average molecular weight is 443 g/mol. The Kier molecular flexibility index (Phi) is 6.04. The molecule has 0 saturated carbocycles. The van der Waals surface area contributed by atoms with Gasteiger partial charge in [0.15, 0.2) is 11.5 Å². The lowest BCUT2D eigenvalue weighted by atomic mass is 10.1. The molecule has 0 spiro atoms. The summed E-state index contributed by atoms with van der Waals surface area (Å²) in [6, 6.07) is 20.7. The second kappa shape index (κ2) is 9.42. The van der Waals surface area contributed by atoms with Crippen molar-refractivity contribution in [1.29, 1.82) is 0 Å². The Hall–Kier alpha value is -3.71. The first-order chi connectivity index (χ1) is 16.2. The molecule has 3 heterocycles. The third kappa shape index (κ3) is 4.88. The van der Waals surface area contributed by atoms with Gasteiger partial charge in [-0.05, 0) is 67.9 Å². The number of hydrogen-bond donors (Lipinski definition) is 1. The molecule has 1 aliphatic rings. The predicted molar refractivity (Wildman–Crippen MR) is 126 cm³/mol. The lowest BCUT2D eigenvalue weighted by molar-refractivity contribution is 0.0697. The van der Waals surface area contributed by atoms with Gasteiger partial charge in [0, 0.05) is 18.5 Å². The summed E-state index contributed by atoms with van der Waals surface area (Å²) < 4.78 is 7.66. The quantitative estimate of drug-likeness (QED) is 0.441. The summed E-state index contributed by atoms with van der Waals surface area (Å²) >= 11 is 0. The number of benzene rings is 2. The van der Waals surface area contributed by atoms with Crippen LogP contribution in [0.15, 0.2) is 66.7 Å². The number of ether oxygens (including phenoxy) is 1. The van der Waals surface area contributed by atoms with Crippen LogP contribution in [0.1, 0.15) is 34.6 Å². The van der Waals surface area contributed by atoms with E-state index < -0.39 is 5.97 Å². The van der Waals surface area contributed by atoms with Crippen LogP contribution in [0.2, 0.25) is 0 Å². The fraction of sp³-hybridized carbons (Fsp3) is 0.269. The van der Waals surface area contributed by atoms with Gasteiger partial charge in [0.05, 0.1) is 11.3 Å². The topological polar surface area (TPSA) is 80.0 Å². The highest BCUT2D eigenvalue weighted by molar-refractivity contribution is 5.89. The zero-order valence-electron chi connectivity index (χ0n) is 18.4. The number of carboxylic acid groups (broad SMARTS) is 1. The van der Waals surface area contributed by atoms with E-state index in [4.69, 9.17) is 9.84 Å². The van der Waals surface area contributed by atoms with E-state index in [1.54, 1.807) is 22.7 Å². The first-order valence-corrected chi connectivity index (χ1v) is 11.3. The van der Waals surface area contributed by atoms with Crippen LogP contribution in [-0.4, -0.2) is 56.8 Å². The Labute approximate surface area is 192 Å². The SMILES string of the molecule is O=C(O)c1cccc(-c2cccc3nc(Cc4ccc(OCCN5CCCC5)cc4)nn23)c1. The second-order valence-corrected chi connectivity index (χ2v) is 8.31. The summed E-state index contributed by atoms with van der Waals surface area (Å²) in [5.74, 6) is 0.632. The molecule has 7 nitrogen and oxygen atoms in total. The number of carbonyl (C=O) groups is 1. The van der Waals surface area contributed by atoms with Gasteiger partial charge in [0.2, 0.25) is 0 Å². The van der Waals surface area contributed by atoms with Gasteiger partial charge in [-0.15, -0.1) is 0 Å². The summed E-state index contributed by atoms with van der Waals surface area (Å²) in [6.45, 7) is 4.05. The molecular formula is C26H26N4O3. The van der Waals surface area contributed by atoms with E-state index in [0.717, 1.165) is 34.8 Å². The lowest BCUT2D eigenvalue weighted by Crippen LogP contribution is -2.25. The van der Waals surface area contributed by atoms with E-state index in [9.17, 15) is 9.90 Å². The molecule has 2 aromatic heterocycles. The predicted octanol–water partition coefficient (Wildman–Crippen LogP) is 4.16. The second-order valence-electron chi connectivity index (χ2n) is 8.31. The molecule has 7 heteroatoms. The van der Waals surface area contributed by atoms with Gasteiger partial charge in [-0.25, -0.2) is 14.3 Å². The van der Waals surface area contributed by atoms with E-state index >= 15 is 0 Å². The fourth-order valence-corrected chi connectivity index (χ4v) is 4.24. The maximum absolute atomic E-state index is 11.4. The monoisotopic (exact) mass is 442 g/mol. The highest BCUT2D eigenvalue weighted by Gasteiger charge is 2.12. The Bertz CT molecular complexity index is 1260. The van der Waals surface area contributed by atoms with Crippen molar-refractivity contribution in [2.24, 2.45) is 0 Å². The molecule has 0 atom stereocenters. The summed E-state index contributed by atoms with van der Waals surface area (Å²) in [5, 5.41) is 14.0. The van der Waals surface area contributed by atoms with Gasteiger partial charge in [-0.3, -0.25) is 4.90 Å². The van der Waals surface area contributed by atoms with Crippen LogP contribution in [-0.2, 0) is 6.42 Å². The summed E-state index contributed by atoms with van der Waals surface area (Å²) in [5.41, 5.74) is 3.66. The highest BCUT2D eigenvalue weighted by Crippen LogP contribution is 2.22. The van der Waals surface area contributed by atoms with Crippen molar-refractivity contribution >= 4 is 11.6 Å².